The lowest BCUT2D eigenvalue weighted by Gasteiger charge is -2.09. The Morgan fingerprint density at radius 1 is 0.941 bits per heavy atom. The Morgan fingerprint density at radius 3 is 2.62 bits per heavy atom. The highest BCUT2D eigenvalue weighted by Crippen LogP contribution is 2.24. The van der Waals surface area contributed by atoms with Crippen LogP contribution in [0.25, 0.3) is 28.2 Å². The summed E-state index contributed by atoms with van der Waals surface area (Å²) >= 11 is 0. The maximum absolute atomic E-state index is 5.68. The van der Waals surface area contributed by atoms with Crippen LogP contribution in [0.5, 0.6) is 5.75 Å². The number of hydrogen-bond acceptors (Lipinski definition) is 7. The van der Waals surface area contributed by atoms with Crippen LogP contribution in [0.4, 0.5) is 5.82 Å². The summed E-state index contributed by atoms with van der Waals surface area (Å²) in [4.78, 5) is 13.3. The Morgan fingerprint density at radius 2 is 1.82 bits per heavy atom. The predicted molar refractivity (Wildman–Crippen MR) is 130 cm³/mol. The summed E-state index contributed by atoms with van der Waals surface area (Å²) < 4.78 is 14.5. The molecule has 0 amide bonds. The molecule has 5 rings (SSSR count). The van der Waals surface area contributed by atoms with E-state index in [0.717, 1.165) is 45.3 Å². The van der Waals surface area contributed by atoms with Gasteiger partial charge in [0.05, 0.1) is 30.4 Å². The number of aromatic nitrogens is 6. The molecule has 172 valence electrons. The number of benzene rings is 1. The third-order valence-corrected chi connectivity index (χ3v) is 5.44. The molecule has 9 heteroatoms. The van der Waals surface area contributed by atoms with E-state index in [1.54, 1.807) is 24.3 Å². The van der Waals surface area contributed by atoms with Gasteiger partial charge in [-0.25, -0.2) is 15.0 Å². The summed E-state index contributed by atoms with van der Waals surface area (Å²) in [7, 11) is 3.57. The highest BCUT2D eigenvalue weighted by molar-refractivity contribution is 5.64. The van der Waals surface area contributed by atoms with Gasteiger partial charge < -0.3 is 14.8 Å². The Bertz CT molecular complexity index is 1390. The van der Waals surface area contributed by atoms with Gasteiger partial charge in [0.1, 0.15) is 30.1 Å². The molecule has 0 saturated carbocycles. The molecule has 4 aromatic heterocycles. The van der Waals surface area contributed by atoms with Gasteiger partial charge in [-0.1, -0.05) is 24.3 Å². The van der Waals surface area contributed by atoms with Gasteiger partial charge in [-0.3, -0.25) is 9.08 Å². The number of anilines is 1. The number of ether oxygens (including phenoxy) is 2. The zero-order valence-electron chi connectivity index (χ0n) is 19.0. The van der Waals surface area contributed by atoms with Gasteiger partial charge in [0, 0.05) is 50.8 Å². The molecule has 0 aliphatic rings. The van der Waals surface area contributed by atoms with E-state index in [1.807, 2.05) is 48.2 Å². The fraction of sp³-hybridized carbons (Fsp3) is 0.200. The maximum atomic E-state index is 5.68. The summed E-state index contributed by atoms with van der Waals surface area (Å²) in [5, 5.41) is 7.62. The lowest BCUT2D eigenvalue weighted by molar-refractivity contribution is 0.146. The van der Waals surface area contributed by atoms with Crippen molar-refractivity contribution in [3.63, 3.8) is 0 Å². The van der Waals surface area contributed by atoms with Crippen LogP contribution in [0.1, 0.15) is 5.56 Å². The van der Waals surface area contributed by atoms with E-state index >= 15 is 0 Å². The van der Waals surface area contributed by atoms with Crippen LogP contribution in [0.15, 0.2) is 73.6 Å². The minimum absolute atomic E-state index is 0.493. The van der Waals surface area contributed by atoms with E-state index in [1.165, 1.54) is 0 Å². The summed E-state index contributed by atoms with van der Waals surface area (Å²) in [6, 6.07) is 14.1. The fourth-order valence-corrected chi connectivity index (χ4v) is 3.66. The van der Waals surface area contributed by atoms with Gasteiger partial charge in [0.2, 0.25) is 0 Å². The minimum atomic E-state index is 0.493. The molecule has 0 bridgehead atoms. The summed E-state index contributed by atoms with van der Waals surface area (Å²) in [5.74, 6) is 1.50. The van der Waals surface area contributed by atoms with E-state index in [4.69, 9.17) is 9.47 Å². The molecule has 4 heterocycles. The van der Waals surface area contributed by atoms with Crippen molar-refractivity contribution in [2.24, 2.45) is 7.05 Å². The molecule has 1 N–H and O–H groups in total. The Kier molecular flexibility index (Phi) is 6.17. The van der Waals surface area contributed by atoms with Gasteiger partial charge >= 0.3 is 0 Å². The number of hydrogen-bond donors (Lipinski definition) is 1. The van der Waals surface area contributed by atoms with Gasteiger partial charge in [0.25, 0.3) is 0 Å². The van der Waals surface area contributed by atoms with Crippen LogP contribution in [0.2, 0.25) is 0 Å². The Balaban J connectivity index is 1.28. The minimum Gasteiger partial charge on any atom is -0.491 e. The zero-order chi connectivity index (χ0) is 23.3. The second kappa shape index (κ2) is 9.72. The van der Waals surface area contributed by atoms with E-state index in [2.05, 4.69) is 49.6 Å². The third kappa shape index (κ3) is 4.74. The molecule has 0 spiro atoms. The lowest BCUT2D eigenvalue weighted by Crippen LogP contribution is -2.04. The monoisotopic (exact) mass is 455 g/mol. The van der Waals surface area contributed by atoms with Crippen LogP contribution in [0, 0.1) is 0 Å². The van der Waals surface area contributed by atoms with Crippen molar-refractivity contribution in [1.29, 1.82) is 0 Å². The molecular formula is C25H25N7O2. The molecule has 1 aromatic carbocycles. The smallest absolute Gasteiger partial charge is 0.140 e. The first-order valence-electron chi connectivity index (χ1n) is 10.9. The molecule has 34 heavy (non-hydrogen) atoms. The van der Waals surface area contributed by atoms with Crippen molar-refractivity contribution in [3.05, 3.63) is 79.1 Å². The predicted octanol–water partition coefficient (Wildman–Crippen LogP) is 3.83. The van der Waals surface area contributed by atoms with Crippen LogP contribution >= 0.6 is 0 Å². The molecule has 0 unspecified atom stereocenters. The standard InChI is InChI=1S/C25H25N7O2/c1-31-16-20(14-30-31)19-5-3-18(4-6-19)13-26-24-12-22(28-17-29-24)23-15-27-25-11-21(7-8-32(23)25)34-10-9-33-2/h3-8,11-12,14-17H,9-10,13H2,1-2H3,(H,26,28,29). The summed E-state index contributed by atoms with van der Waals surface area (Å²) in [5.41, 5.74) is 5.84. The van der Waals surface area contributed by atoms with E-state index < -0.39 is 0 Å². The number of nitrogens with one attached hydrogen (secondary N) is 1. The first-order valence-corrected chi connectivity index (χ1v) is 10.9. The van der Waals surface area contributed by atoms with Crippen molar-refractivity contribution in [2.75, 3.05) is 25.6 Å². The van der Waals surface area contributed by atoms with Crippen LogP contribution < -0.4 is 10.1 Å². The lowest BCUT2D eigenvalue weighted by atomic mass is 10.1. The number of methoxy groups -OCH3 is 1. The molecule has 0 saturated heterocycles. The highest BCUT2D eigenvalue weighted by Gasteiger charge is 2.10. The number of fused-ring (bicyclic) bond motifs is 1. The van der Waals surface area contributed by atoms with Crippen molar-refractivity contribution in [2.45, 2.75) is 6.54 Å². The molecule has 0 fully saturated rings. The summed E-state index contributed by atoms with van der Waals surface area (Å²) in [6.45, 7) is 1.68. The average molecular weight is 456 g/mol. The molecule has 5 aromatic rings. The number of rotatable bonds is 9. The number of aryl methyl sites for hydroxylation is 1. The van der Waals surface area contributed by atoms with Gasteiger partial charge in [-0.15, -0.1) is 0 Å². The first kappa shape index (κ1) is 21.6. The fourth-order valence-electron chi connectivity index (χ4n) is 3.66. The topological polar surface area (TPSA) is 91.4 Å². The van der Waals surface area contributed by atoms with Crippen molar-refractivity contribution < 1.29 is 9.47 Å². The average Bonchev–Trinajstić information content (AvgIpc) is 3.49. The Hall–Kier alpha value is -4.24. The molecule has 0 aliphatic carbocycles. The first-order chi connectivity index (χ1) is 16.7. The second-order valence-corrected chi connectivity index (χ2v) is 7.82. The third-order valence-electron chi connectivity index (χ3n) is 5.44. The van der Waals surface area contributed by atoms with Crippen LogP contribution in [0.3, 0.4) is 0 Å². The van der Waals surface area contributed by atoms with Gasteiger partial charge in [-0.05, 0) is 17.2 Å². The van der Waals surface area contributed by atoms with Gasteiger partial charge in [0.15, 0.2) is 0 Å². The normalized spacial score (nSPS) is 11.1. The highest BCUT2D eigenvalue weighted by atomic mass is 16.5. The molecular weight excluding hydrogens is 430 g/mol. The van der Waals surface area contributed by atoms with Gasteiger partial charge in [-0.2, -0.15) is 5.10 Å². The number of pyridine rings is 1. The molecule has 0 atom stereocenters. The van der Waals surface area contributed by atoms with E-state index in [9.17, 15) is 0 Å². The van der Waals surface area contributed by atoms with Crippen molar-refractivity contribution >= 4 is 11.5 Å². The van der Waals surface area contributed by atoms with Crippen LogP contribution in [-0.4, -0.2) is 49.5 Å². The van der Waals surface area contributed by atoms with Crippen LogP contribution in [-0.2, 0) is 18.3 Å². The quantitative estimate of drug-likeness (QED) is 0.338. The number of nitrogens with zero attached hydrogens (tertiary/aromatic N) is 6. The molecule has 9 nitrogen and oxygen atoms in total. The summed E-state index contributed by atoms with van der Waals surface area (Å²) in [6.07, 6.45) is 9.16. The van der Waals surface area contributed by atoms with E-state index in [0.29, 0.717) is 19.8 Å². The zero-order valence-corrected chi connectivity index (χ0v) is 19.0. The van der Waals surface area contributed by atoms with E-state index in [-0.39, 0.29) is 0 Å². The SMILES string of the molecule is COCCOc1ccn2c(-c3cc(NCc4ccc(-c5cnn(C)c5)cc4)ncn3)cnc2c1. The Labute approximate surface area is 197 Å². The second-order valence-electron chi connectivity index (χ2n) is 7.82. The molecule has 0 radical (unpaired) electrons. The maximum Gasteiger partial charge on any atom is 0.140 e. The number of imidazole rings is 1. The molecule has 0 aliphatic heterocycles. The van der Waals surface area contributed by atoms with Crippen molar-refractivity contribution in [3.8, 4) is 28.3 Å². The largest absolute Gasteiger partial charge is 0.491 e. The van der Waals surface area contributed by atoms with Crippen molar-refractivity contribution in [1.82, 2.24) is 29.1 Å².